The first-order chi connectivity index (χ1) is 14.8. The predicted octanol–water partition coefficient (Wildman–Crippen LogP) is 0.677. The van der Waals surface area contributed by atoms with Crippen molar-refractivity contribution < 1.29 is 19.1 Å². The van der Waals surface area contributed by atoms with Gasteiger partial charge in [-0.25, -0.2) is 9.79 Å². The third-order valence-electron chi connectivity index (χ3n) is 4.55. The summed E-state index contributed by atoms with van der Waals surface area (Å²) in [6.07, 6.45) is 0.0810. The number of fused-ring (bicyclic) bond motifs is 1. The topological polar surface area (TPSA) is 166 Å². The molecule has 1 aliphatic rings. The highest BCUT2D eigenvalue weighted by Gasteiger charge is 2.43. The molecular formula is C21H22N6O4. The Hall–Kier alpha value is -4.21. The number of imide groups is 1. The van der Waals surface area contributed by atoms with Gasteiger partial charge in [0.2, 0.25) is 5.96 Å². The highest BCUT2D eigenvalue weighted by molar-refractivity contribution is 6.22. The van der Waals surface area contributed by atoms with Crippen molar-refractivity contribution in [3.05, 3.63) is 65.2 Å². The van der Waals surface area contributed by atoms with Crippen molar-refractivity contribution in [2.24, 2.45) is 27.2 Å². The molecule has 1 aliphatic heterocycles. The Morgan fingerprint density at radius 1 is 1.00 bits per heavy atom. The van der Waals surface area contributed by atoms with E-state index in [4.69, 9.17) is 21.9 Å². The number of hydrogen-bond donors (Lipinski definition) is 3. The quantitative estimate of drug-likeness (QED) is 0.266. The molecule has 0 radical (unpaired) electrons. The van der Waals surface area contributed by atoms with Gasteiger partial charge < -0.3 is 21.9 Å². The fourth-order valence-corrected chi connectivity index (χ4v) is 3.23. The number of aliphatic imine (C=N–C) groups is 2. The average molecular weight is 422 g/mol. The van der Waals surface area contributed by atoms with Gasteiger partial charge in [-0.2, -0.15) is 4.99 Å². The van der Waals surface area contributed by atoms with E-state index in [1.165, 1.54) is 0 Å². The summed E-state index contributed by atoms with van der Waals surface area (Å²) in [5.74, 6) is -2.02. The number of esters is 1. The number of ether oxygens (including phenoxy) is 1. The molecule has 3 rings (SSSR count). The molecule has 10 nitrogen and oxygen atoms in total. The minimum Gasteiger partial charge on any atom is -0.464 e. The lowest BCUT2D eigenvalue weighted by Crippen LogP contribution is -2.47. The van der Waals surface area contributed by atoms with E-state index in [-0.39, 0.29) is 36.1 Å². The molecule has 0 spiro atoms. The van der Waals surface area contributed by atoms with Crippen LogP contribution in [-0.4, -0.2) is 47.3 Å². The summed E-state index contributed by atoms with van der Waals surface area (Å²) in [4.78, 5) is 47.0. The first-order valence-electron chi connectivity index (χ1n) is 9.48. The second-order valence-electron chi connectivity index (χ2n) is 6.67. The van der Waals surface area contributed by atoms with Gasteiger partial charge in [-0.1, -0.05) is 24.3 Å². The molecule has 1 heterocycles. The SMILES string of the molecule is CCOC(=O)C(Cc1ccc(N=C(N)N=C(N)N)cc1)N1C(=O)c2ccccc2C1=O. The molecule has 2 aromatic carbocycles. The van der Waals surface area contributed by atoms with E-state index in [1.807, 2.05) is 0 Å². The van der Waals surface area contributed by atoms with Crippen molar-refractivity contribution in [3.63, 3.8) is 0 Å². The molecule has 0 saturated carbocycles. The summed E-state index contributed by atoms with van der Waals surface area (Å²) in [5.41, 5.74) is 17.8. The molecule has 0 bridgehead atoms. The lowest BCUT2D eigenvalue weighted by atomic mass is 10.0. The number of rotatable bonds is 6. The Balaban J connectivity index is 1.86. The lowest BCUT2D eigenvalue weighted by Gasteiger charge is -2.24. The molecule has 160 valence electrons. The van der Waals surface area contributed by atoms with Crippen LogP contribution in [0.1, 0.15) is 33.2 Å². The van der Waals surface area contributed by atoms with Crippen LogP contribution in [0.3, 0.4) is 0 Å². The van der Waals surface area contributed by atoms with Gasteiger partial charge in [0.15, 0.2) is 5.96 Å². The lowest BCUT2D eigenvalue weighted by molar-refractivity contribution is -0.147. The van der Waals surface area contributed by atoms with E-state index in [0.717, 1.165) is 4.90 Å². The van der Waals surface area contributed by atoms with Crippen molar-refractivity contribution in [3.8, 4) is 0 Å². The highest BCUT2D eigenvalue weighted by atomic mass is 16.5. The van der Waals surface area contributed by atoms with Crippen LogP contribution >= 0.6 is 0 Å². The molecular weight excluding hydrogens is 400 g/mol. The highest BCUT2D eigenvalue weighted by Crippen LogP contribution is 2.27. The molecule has 2 amide bonds. The standard InChI is InChI=1S/C21H22N6O4/c1-2-31-19(30)16(27-17(28)14-5-3-4-6-15(14)18(27)29)11-12-7-9-13(10-8-12)25-21(24)26-20(22)23/h3-10,16H,2,11H2,1H3,(H6,22,23,24,25,26). The summed E-state index contributed by atoms with van der Waals surface area (Å²) < 4.78 is 5.14. The number of guanidine groups is 2. The summed E-state index contributed by atoms with van der Waals surface area (Å²) in [7, 11) is 0. The van der Waals surface area contributed by atoms with Crippen molar-refractivity contribution in [2.75, 3.05) is 6.61 Å². The number of carbonyl (C=O) groups is 3. The largest absolute Gasteiger partial charge is 0.464 e. The zero-order chi connectivity index (χ0) is 22.5. The molecule has 6 N–H and O–H groups in total. The van der Waals surface area contributed by atoms with E-state index in [9.17, 15) is 14.4 Å². The van der Waals surface area contributed by atoms with Crippen LogP contribution in [0, 0.1) is 0 Å². The molecule has 0 aromatic heterocycles. The summed E-state index contributed by atoms with van der Waals surface area (Å²) in [6.45, 7) is 1.78. The van der Waals surface area contributed by atoms with Crippen molar-refractivity contribution in [1.29, 1.82) is 0 Å². The maximum Gasteiger partial charge on any atom is 0.329 e. The van der Waals surface area contributed by atoms with Crippen molar-refractivity contribution in [1.82, 2.24) is 4.90 Å². The van der Waals surface area contributed by atoms with Crippen LogP contribution in [-0.2, 0) is 16.0 Å². The Kier molecular flexibility index (Phi) is 6.29. The molecule has 0 saturated heterocycles. The van der Waals surface area contributed by atoms with E-state index in [2.05, 4.69) is 9.98 Å². The van der Waals surface area contributed by atoms with Crippen molar-refractivity contribution >= 4 is 35.4 Å². The first kappa shape index (κ1) is 21.5. The Bertz CT molecular complexity index is 1040. The van der Waals surface area contributed by atoms with Gasteiger partial charge in [0.05, 0.1) is 23.4 Å². The fraction of sp³-hybridized carbons (Fsp3) is 0.190. The molecule has 10 heteroatoms. The second-order valence-corrected chi connectivity index (χ2v) is 6.67. The Morgan fingerprint density at radius 3 is 2.10 bits per heavy atom. The average Bonchev–Trinajstić information content (AvgIpc) is 2.98. The molecule has 2 aromatic rings. The van der Waals surface area contributed by atoms with Gasteiger partial charge in [-0.05, 0) is 36.8 Å². The van der Waals surface area contributed by atoms with Crippen LogP contribution in [0.15, 0.2) is 58.5 Å². The van der Waals surface area contributed by atoms with Crippen LogP contribution < -0.4 is 17.2 Å². The van der Waals surface area contributed by atoms with E-state index in [1.54, 1.807) is 55.5 Å². The maximum atomic E-state index is 12.8. The van der Waals surface area contributed by atoms with Gasteiger partial charge in [-0.3, -0.25) is 14.5 Å². The van der Waals surface area contributed by atoms with Crippen LogP contribution in [0.4, 0.5) is 5.69 Å². The maximum absolute atomic E-state index is 12.8. The van der Waals surface area contributed by atoms with E-state index < -0.39 is 23.8 Å². The third kappa shape index (κ3) is 4.69. The molecule has 0 fully saturated rings. The monoisotopic (exact) mass is 422 g/mol. The minimum atomic E-state index is -1.10. The second kappa shape index (κ2) is 9.08. The smallest absolute Gasteiger partial charge is 0.329 e. The van der Waals surface area contributed by atoms with Gasteiger partial charge in [0.25, 0.3) is 11.8 Å². The van der Waals surface area contributed by atoms with Crippen LogP contribution in [0.25, 0.3) is 0 Å². The summed E-state index contributed by atoms with van der Waals surface area (Å²) >= 11 is 0. The zero-order valence-corrected chi connectivity index (χ0v) is 16.8. The van der Waals surface area contributed by atoms with Gasteiger partial charge >= 0.3 is 5.97 Å². The molecule has 1 atom stereocenters. The third-order valence-corrected chi connectivity index (χ3v) is 4.55. The predicted molar refractivity (Wildman–Crippen MR) is 115 cm³/mol. The number of carbonyl (C=O) groups excluding carboxylic acids is 3. The van der Waals surface area contributed by atoms with Gasteiger partial charge in [0.1, 0.15) is 6.04 Å². The van der Waals surface area contributed by atoms with E-state index in [0.29, 0.717) is 11.3 Å². The van der Waals surface area contributed by atoms with Crippen LogP contribution in [0.5, 0.6) is 0 Å². The normalized spacial score (nSPS) is 14.2. The molecule has 0 aliphatic carbocycles. The number of nitrogens with two attached hydrogens (primary N) is 3. The Labute approximate surface area is 178 Å². The number of amides is 2. The first-order valence-corrected chi connectivity index (χ1v) is 9.48. The van der Waals surface area contributed by atoms with Gasteiger partial charge in [-0.15, -0.1) is 0 Å². The van der Waals surface area contributed by atoms with Gasteiger partial charge in [0, 0.05) is 6.42 Å². The Morgan fingerprint density at radius 2 is 1.58 bits per heavy atom. The zero-order valence-electron chi connectivity index (χ0n) is 16.8. The molecule has 31 heavy (non-hydrogen) atoms. The number of nitrogens with zero attached hydrogens (tertiary/aromatic N) is 3. The number of benzene rings is 2. The van der Waals surface area contributed by atoms with Crippen LogP contribution in [0.2, 0.25) is 0 Å². The number of hydrogen-bond acceptors (Lipinski definition) is 5. The fourth-order valence-electron chi connectivity index (χ4n) is 3.23. The van der Waals surface area contributed by atoms with E-state index >= 15 is 0 Å². The van der Waals surface area contributed by atoms with Crippen molar-refractivity contribution in [2.45, 2.75) is 19.4 Å². The minimum absolute atomic E-state index is 0.0810. The molecule has 1 unspecified atom stereocenters. The summed E-state index contributed by atoms with van der Waals surface area (Å²) in [6, 6.07) is 12.0. The summed E-state index contributed by atoms with van der Waals surface area (Å²) in [5, 5.41) is 0.